The zero-order valence-electron chi connectivity index (χ0n) is 14.3. The molecule has 0 saturated carbocycles. The number of carbonyl (C=O) groups is 3. The van der Waals surface area contributed by atoms with Crippen LogP contribution >= 0.6 is 0 Å². The molecule has 0 aliphatic rings. The van der Waals surface area contributed by atoms with E-state index in [4.69, 9.17) is 4.74 Å². The van der Waals surface area contributed by atoms with Crippen LogP contribution in [0.5, 0.6) is 0 Å². The molecule has 1 atom stereocenters. The van der Waals surface area contributed by atoms with Gasteiger partial charge in [0.05, 0.1) is 5.56 Å². The maximum atomic E-state index is 12.6. The van der Waals surface area contributed by atoms with Gasteiger partial charge in [0, 0.05) is 11.1 Å². The maximum absolute atomic E-state index is 12.6. The highest BCUT2D eigenvalue weighted by molar-refractivity contribution is 6.02. The molecule has 0 heterocycles. The molecule has 2 aromatic carbocycles. The van der Waals surface area contributed by atoms with E-state index in [9.17, 15) is 14.4 Å². The fraction of sp³-hybridized carbons (Fsp3) is 0.250. The minimum absolute atomic E-state index is 0.228. The Balaban J connectivity index is 2.14. The highest BCUT2D eigenvalue weighted by Gasteiger charge is 2.22. The van der Waals surface area contributed by atoms with Crippen molar-refractivity contribution in [3.8, 4) is 0 Å². The molecule has 124 valence electrons. The smallest absolute Gasteiger partial charge is 0.338 e. The van der Waals surface area contributed by atoms with Gasteiger partial charge >= 0.3 is 5.97 Å². The summed E-state index contributed by atoms with van der Waals surface area (Å²) in [4.78, 5) is 35.3. The number of ether oxygens (including phenoxy) is 1. The van der Waals surface area contributed by atoms with Crippen molar-refractivity contribution in [1.29, 1.82) is 0 Å². The van der Waals surface area contributed by atoms with Gasteiger partial charge < -0.3 is 4.74 Å². The summed E-state index contributed by atoms with van der Waals surface area (Å²) in [6.45, 7) is 7.36. The SMILES string of the molecule is Cc1cc(C)c(C(=O)C(C)OC(=O)c2ccc(C=O)cc2)cc1C. The Hall–Kier alpha value is -2.75. The Morgan fingerprint density at radius 3 is 2.12 bits per heavy atom. The van der Waals surface area contributed by atoms with E-state index in [1.165, 1.54) is 24.3 Å². The van der Waals surface area contributed by atoms with Crippen LogP contribution < -0.4 is 0 Å². The Morgan fingerprint density at radius 2 is 1.54 bits per heavy atom. The zero-order valence-corrected chi connectivity index (χ0v) is 14.3. The summed E-state index contributed by atoms with van der Waals surface area (Å²) in [5.41, 5.74) is 4.34. The Morgan fingerprint density at radius 1 is 0.958 bits per heavy atom. The molecule has 0 aliphatic heterocycles. The van der Waals surface area contributed by atoms with E-state index in [1.807, 2.05) is 32.9 Å². The summed E-state index contributed by atoms with van der Waals surface area (Å²) in [6.07, 6.45) is -0.187. The first kappa shape index (κ1) is 17.6. The highest BCUT2D eigenvalue weighted by Crippen LogP contribution is 2.18. The lowest BCUT2D eigenvalue weighted by Crippen LogP contribution is -2.25. The number of aryl methyl sites for hydroxylation is 3. The molecule has 1 unspecified atom stereocenters. The topological polar surface area (TPSA) is 60.4 Å². The maximum Gasteiger partial charge on any atom is 0.338 e. The van der Waals surface area contributed by atoms with Crippen molar-refractivity contribution in [3.63, 3.8) is 0 Å². The monoisotopic (exact) mass is 324 g/mol. The third-order valence-electron chi connectivity index (χ3n) is 4.04. The van der Waals surface area contributed by atoms with E-state index in [2.05, 4.69) is 0 Å². The summed E-state index contributed by atoms with van der Waals surface area (Å²) in [6, 6.07) is 9.85. The fourth-order valence-corrected chi connectivity index (χ4v) is 2.42. The Kier molecular flexibility index (Phi) is 5.29. The first-order valence-electron chi connectivity index (χ1n) is 7.71. The number of aldehydes is 1. The van der Waals surface area contributed by atoms with Gasteiger partial charge in [-0.15, -0.1) is 0 Å². The first-order valence-corrected chi connectivity index (χ1v) is 7.71. The number of hydrogen-bond acceptors (Lipinski definition) is 4. The van der Waals surface area contributed by atoms with Crippen molar-refractivity contribution >= 4 is 18.0 Å². The molecular formula is C20H20O4. The second-order valence-electron chi connectivity index (χ2n) is 5.90. The number of benzene rings is 2. The summed E-state index contributed by atoms with van der Waals surface area (Å²) in [5.74, 6) is -0.816. The van der Waals surface area contributed by atoms with Gasteiger partial charge in [-0.05, 0) is 62.6 Å². The number of Topliss-reactive ketones (excluding diaryl/α,β-unsaturated/α-hetero) is 1. The summed E-state index contributed by atoms with van der Waals surface area (Å²) >= 11 is 0. The molecule has 0 aromatic heterocycles. The molecule has 2 aromatic rings. The molecule has 0 N–H and O–H groups in total. The van der Waals surface area contributed by atoms with E-state index >= 15 is 0 Å². The van der Waals surface area contributed by atoms with Gasteiger partial charge in [0.1, 0.15) is 6.29 Å². The molecule has 0 saturated heterocycles. The van der Waals surface area contributed by atoms with E-state index in [1.54, 1.807) is 6.92 Å². The zero-order chi connectivity index (χ0) is 17.9. The van der Waals surface area contributed by atoms with Crippen LogP contribution in [-0.4, -0.2) is 24.1 Å². The molecule has 0 fully saturated rings. The molecule has 0 spiro atoms. The second-order valence-corrected chi connectivity index (χ2v) is 5.90. The highest BCUT2D eigenvalue weighted by atomic mass is 16.5. The molecule has 0 radical (unpaired) electrons. The van der Waals surface area contributed by atoms with Crippen molar-refractivity contribution in [2.75, 3.05) is 0 Å². The molecule has 4 nitrogen and oxygen atoms in total. The normalized spacial score (nSPS) is 11.7. The average molecular weight is 324 g/mol. The number of hydrogen-bond donors (Lipinski definition) is 0. The largest absolute Gasteiger partial charge is 0.451 e. The Bertz CT molecular complexity index is 788. The van der Waals surface area contributed by atoms with Crippen molar-refractivity contribution in [3.05, 3.63) is 69.8 Å². The van der Waals surface area contributed by atoms with Crippen LogP contribution in [0.2, 0.25) is 0 Å². The summed E-state index contributed by atoms with van der Waals surface area (Å²) < 4.78 is 5.27. The van der Waals surface area contributed by atoms with E-state index in [-0.39, 0.29) is 5.78 Å². The van der Waals surface area contributed by atoms with Crippen LogP contribution in [0.3, 0.4) is 0 Å². The van der Waals surface area contributed by atoms with Gasteiger partial charge in [-0.1, -0.05) is 18.2 Å². The molecule has 0 amide bonds. The molecular weight excluding hydrogens is 304 g/mol. The van der Waals surface area contributed by atoms with E-state index in [0.29, 0.717) is 23.0 Å². The van der Waals surface area contributed by atoms with Gasteiger partial charge in [-0.3, -0.25) is 9.59 Å². The predicted octanol–water partition coefficient (Wildman–Crippen LogP) is 3.85. The lowest BCUT2D eigenvalue weighted by Gasteiger charge is -2.15. The first-order chi connectivity index (χ1) is 11.3. The van der Waals surface area contributed by atoms with Gasteiger partial charge in [0.25, 0.3) is 0 Å². The Labute approximate surface area is 141 Å². The molecule has 2 rings (SSSR count). The van der Waals surface area contributed by atoms with E-state index in [0.717, 1.165) is 16.7 Å². The van der Waals surface area contributed by atoms with Crippen molar-refractivity contribution < 1.29 is 19.1 Å². The van der Waals surface area contributed by atoms with Crippen molar-refractivity contribution in [1.82, 2.24) is 0 Å². The predicted molar refractivity (Wildman–Crippen MR) is 91.7 cm³/mol. The quantitative estimate of drug-likeness (QED) is 0.476. The molecule has 24 heavy (non-hydrogen) atoms. The summed E-state index contributed by atoms with van der Waals surface area (Å²) in [7, 11) is 0. The van der Waals surface area contributed by atoms with Gasteiger partial charge in [-0.2, -0.15) is 0 Å². The number of ketones is 1. The number of carbonyl (C=O) groups excluding carboxylic acids is 3. The lowest BCUT2D eigenvalue weighted by atomic mass is 9.96. The average Bonchev–Trinajstić information content (AvgIpc) is 2.57. The van der Waals surface area contributed by atoms with Crippen LogP contribution in [0, 0.1) is 20.8 Å². The van der Waals surface area contributed by atoms with Crippen LogP contribution in [0.15, 0.2) is 36.4 Å². The van der Waals surface area contributed by atoms with Gasteiger partial charge in [-0.25, -0.2) is 4.79 Å². The molecule has 0 aliphatic carbocycles. The van der Waals surface area contributed by atoms with Crippen LogP contribution in [0.1, 0.15) is 54.7 Å². The lowest BCUT2D eigenvalue weighted by molar-refractivity contribution is 0.0318. The standard InChI is InChI=1S/C20H20O4/c1-12-9-14(3)18(10-13(12)2)19(22)15(4)24-20(23)17-7-5-16(11-21)6-8-17/h5-11,15H,1-4H3. The minimum atomic E-state index is -0.885. The second kappa shape index (κ2) is 7.21. The molecule has 0 bridgehead atoms. The van der Waals surface area contributed by atoms with Crippen LogP contribution in [0.4, 0.5) is 0 Å². The third-order valence-corrected chi connectivity index (χ3v) is 4.04. The van der Waals surface area contributed by atoms with Crippen LogP contribution in [-0.2, 0) is 4.74 Å². The van der Waals surface area contributed by atoms with Crippen LogP contribution in [0.25, 0.3) is 0 Å². The van der Waals surface area contributed by atoms with Gasteiger partial charge in [0.15, 0.2) is 6.10 Å². The number of esters is 1. The van der Waals surface area contributed by atoms with Crippen molar-refractivity contribution in [2.45, 2.75) is 33.8 Å². The minimum Gasteiger partial charge on any atom is -0.451 e. The number of rotatable bonds is 5. The summed E-state index contributed by atoms with van der Waals surface area (Å²) in [5, 5.41) is 0. The van der Waals surface area contributed by atoms with Crippen molar-refractivity contribution in [2.24, 2.45) is 0 Å². The third kappa shape index (κ3) is 3.77. The fourth-order valence-electron chi connectivity index (χ4n) is 2.42. The van der Waals surface area contributed by atoms with E-state index < -0.39 is 12.1 Å². The molecule has 4 heteroatoms. The van der Waals surface area contributed by atoms with Gasteiger partial charge in [0.2, 0.25) is 5.78 Å².